The Kier molecular flexibility index (Phi) is 3.92. The van der Waals surface area contributed by atoms with Crippen molar-refractivity contribution in [1.29, 1.82) is 0 Å². The van der Waals surface area contributed by atoms with E-state index in [0.29, 0.717) is 6.54 Å². The monoisotopic (exact) mass is 268 g/mol. The van der Waals surface area contributed by atoms with Crippen LogP contribution in [0.25, 0.3) is 0 Å². The van der Waals surface area contributed by atoms with Crippen molar-refractivity contribution in [2.75, 3.05) is 10.8 Å². The summed E-state index contributed by atoms with van der Waals surface area (Å²) in [4.78, 5) is 0. The van der Waals surface area contributed by atoms with Crippen molar-refractivity contribution >= 4 is 15.9 Å². The molecule has 0 amide bonds. The van der Waals surface area contributed by atoms with Crippen molar-refractivity contribution in [3.05, 3.63) is 29.8 Å². The number of nitrogens with zero attached hydrogens (tertiary/aromatic N) is 1. The molecule has 1 N–H and O–H groups in total. The third-order valence-electron chi connectivity index (χ3n) is 3.32. The van der Waals surface area contributed by atoms with Crippen LogP contribution < -0.4 is 9.03 Å². The van der Waals surface area contributed by atoms with E-state index in [0.717, 1.165) is 30.5 Å². The fraction of sp³-hybridized carbons (Fsp3) is 0.538. The molecule has 0 saturated carbocycles. The van der Waals surface area contributed by atoms with Crippen LogP contribution in [0.3, 0.4) is 0 Å². The van der Waals surface area contributed by atoms with Crippen LogP contribution in [0.1, 0.15) is 32.3 Å². The van der Waals surface area contributed by atoms with Gasteiger partial charge in [0.25, 0.3) is 0 Å². The lowest BCUT2D eigenvalue weighted by molar-refractivity contribution is 0.548. The van der Waals surface area contributed by atoms with Gasteiger partial charge in [0.05, 0.1) is 5.69 Å². The zero-order chi connectivity index (χ0) is 13.2. The van der Waals surface area contributed by atoms with Gasteiger partial charge in [0.15, 0.2) is 0 Å². The lowest BCUT2D eigenvalue weighted by atomic mass is 10.0. The second-order valence-electron chi connectivity index (χ2n) is 4.74. The Labute approximate surface area is 109 Å². The number of benzene rings is 1. The van der Waals surface area contributed by atoms with Gasteiger partial charge in [0, 0.05) is 12.6 Å². The Hall–Kier alpha value is -1.07. The van der Waals surface area contributed by atoms with Gasteiger partial charge in [-0.3, -0.25) is 4.31 Å². The molecule has 1 aromatic rings. The minimum atomic E-state index is -3.42. The molecule has 2 rings (SSSR count). The van der Waals surface area contributed by atoms with Crippen molar-refractivity contribution in [2.24, 2.45) is 0 Å². The molecular weight excluding hydrogens is 248 g/mol. The predicted octanol–water partition coefficient (Wildman–Crippen LogP) is 2.07. The van der Waals surface area contributed by atoms with Crippen molar-refractivity contribution in [1.82, 2.24) is 4.72 Å². The second-order valence-corrected chi connectivity index (χ2v) is 6.36. The Morgan fingerprint density at radius 2 is 2.11 bits per heavy atom. The summed E-state index contributed by atoms with van der Waals surface area (Å²) in [5.41, 5.74) is 1.93. The molecule has 100 valence electrons. The zero-order valence-corrected chi connectivity index (χ0v) is 11.7. The van der Waals surface area contributed by atoms with Crippen LogP contribution in [0, 0.1) is 0 Å². The average Bonchev–Trinajstić information content (AvgIpc) is 2.37. The summed E-state index contributed by atoms with van der Waals surface area (Å²) in [5, 5.41) is 0. The van der Waals surface area contributed by atoms with E-state index < -0.39 is 10.2 Å². The summed E-state index contributed by atoms with van der Waals surface area (Å²) >= 11 is 0. The molecular formula is C13H20N2O2S. The van der Waals surface area contributed by atoms with Crippen LogP contribution in [0.5, 0.6) is 0 Å². The number of rotatable bonds is 4. The Bertz CT molecular complexity index is 513. The molecule has 1 heterocycles. The van der Waals surface area contributed by atoms with Crippen LogP contribution in [-0.4, -0.2) is 21.0 Å². The van der Waals surface area contributed by atoms with Crippen LogP contribution in [0.15, 0.2) is 24.3 Å². The maximum atomic E-state index is 12.3. The molecule has 0 radical (unpaired) electrons. The molecule has 1 aliphatic heterocycles. The first-order chi connectivity index (χ1) is 8.54. The first-order valence-corrected chi connectivity index (χ1v) is 7.86. The lowest BCUT2D eigenvalue weighted by Gasteiger charge is -2.31. The van der Waals surface area contributed by atoms with E-state index in [1.807, 2.05) is 38.1 Å². The molecule has 18 heavy (non-hydrogen) atoms. The third-order valence-corrected chi connectivity index (χ3v) is 4.98. The number of aryl methyl sites for hydroxylation is 1. The zero-order valence-electron chi connectivity index (χ0n) is 10.9. The Morgan fingerprint density at radius 1 is 1.39 bits per heavy atom. The minimum Gasteiger partial charge on any atom is -0.258 e. The molecule has 0 spiro atoms. The fourth-order valence-corrected chi connectivity index (χ4v) is 3.76. The summed E-state index contributed by atoms with van der Waals surface area (Å²) in [7, 11) is -3.42. The first kappa shape index (κ1) is 13.4. The highest BCUT2D eigenvalue weighted by molar-refractivity contribution is 7.90. The number of hydrogen-bond acceptors (Lipinski definition) is 2. The summed E-state index contributed by atoms with van der Waals surface area (Å²) in [6.07, 6.45) is 2.61. The molecule has 1 atom stereocenters. The number of para-hydroxylation sites is 1. The molecule has 1 aromatic carbocycles. The van der Waals surface area contributed by atoms with E-state index in [-0.39, 0.29) is 6.04 Å². The van der Waals surface area contributed by atoms with Crippen molar-refractivity contribution < 1.29 is 8.42 Å². The minimum absolute atomic E-state index is 0.0379. The number of hydrogen-bond donors (Lipinski definition) is 1. The van der Waals surface area contributed by atoms with Crippen LogP contribution in [-0.2, 0) is 16.6 Å². The topological polar surface area (TPSA) is 49.4 Å². The normalized spacial score (nSPS) is 17.3. The van der Waals surface area contributed by atoms with E-state index in [1.165, 1.54) is 4.31 Å². The van der Waals surface area contributed by atoms with E-state index in [2.05, 4.69) is 4.72 Å². The maximum Gasteiger partial charge on any atom is 0.301 e. The highest BCUT2D eigenvalue weighted by atomic mass is 32.2. The number of fused-ring (bicyclic) bond motifs is 1. The third kappa shape index (κ3) is 2.67. The quantitative estimate of drug-likeness (QED) is 0.909. The van der Waals surface area contributed by atoms with Crippen molar-refractivity contribution in [3.63, 3.8) is 0 Å². The van der Waals surface area contributed by atoms with Gasteiger partial charge in [0.1, 0.15) is 0 Å². The summed E-state index contributed by atoms with van der Waals surface area (Å²) in [5.74, 6) is 0. The van der Waals surface area contributed by atoms with Gasteiger partial charge in [-0.15, -0.1) is 0 Å². The molecule has 0 aromatic heterocycles. The standard InChI is InChI=1S/C13H20N2O2S/c1-3-11(2)14-18(16,17)15-10-6-8-12-7-4-5-9-13(12)15/h4-5,7,9,11,14H,3,6,8,10H2,1-2H3. The molecule has 0 bridgehead atoms. The van der Waals surface area contributed by atoms with Crippen molar-refractivity contribution in [3.8, 4) is 0 Å². The summed E-state index contributed by atoms with van der Waals surface area (Å²) < 4.78 is 28.9. The molecule has 1 aliphatic rings. The van der Waals surface area contributed by atoms with Gasteiger partial charge in [-0.2, -0.15) is 13.1 Å². The average molecular weight is 268 g/mol. The van der Waals surface area contributed by atoms with Gasteiger partial charge >= 0.3 is 10.2 Å². The molecule has 1 unspecified atom stereocenters. The van der Waals surface area contributed by atoms with Crippen LogP contribution in [0.2, 0.25) is 0 Å². The van der Waals surface area contributed by atoms with E-state index in [4.69, 9.17) is 0 Å². The van der Waals surface area contributed by atoms with Gasteiger partial charge in [-0.25, -0.2) is 0 Å². The lowest BCUT2D eigenvalue weighted by Crippen LogP contribution is -2.46. The maximum absolute atomic E-state index is 12.3. The SMILES string of the molecule is CCC(C)NS(=O)(=O)N1CCCc2ccccc21. The number of nitrogens with one attached hydrogen (secondary N) is 1. The van der Waals surface area contributed by atoms with Crippen molar-refractivity contribution in [2.45, 2.75) is 39.2 Å². The summed E-state index contributed by atoms with van der Waals surface area (Å²) in [6, 6.07) is 7.68. The molecule has 4 nitrogen and oxygen atoms in total. The Balaban J connectivity index is 2.30. The largest absolute Gasteiger partial charge is 0.301 e. The predicted molar refractivity (Wildman–Crippen MR) is 73.9 cm³/mol. The highest BCUT2D eigenvalue weighted by Crippen LogP contribution is 2.28. The molecule has 0 saturated heterocycles. The van der Waals surface area contributed by atoms with E-state index in [1.54, 1.807) is 0 Å². The summed E-state index contributed by atoms with van der Waals surface area (Å²) in [6.45, 7) is 4.41. The van der Waals surface area contributed by atoms with Crippen LogP contribution >= 0.6 is 0 Å². The van der Waals surface area contributed by atoms with Gasteiger partial charge < -0.3 is 0 Å². The van der Waals surface area contributed by atoms with Gasteiger partial charge in [0.2, 0.25) is 0 Å². The highest BCUT2D eigenvalue weighted by Gasteiger charge is 2.27. The van der Waals surface area contributed by atoms with E-state index in [9.17, 15) is 8.42 Å². The van der Waals surface area contributed by atoms with E-state index >= 15 is 0 Å². The van der Waals surface area contributed by atoms with Gasteiger partial charge in [-0.1, -0.05) is 25.1 Å². The number of anilines is 1. The second kappa shape index (κ2) is 5.28. The molecule has 0 fully saturated rings. The first-order valence-electron chi connectivity index (χ1n) is 6.42. The molecule has 5 heteroatoms. The Morgan fingerprint density at radius 3 is 2.83 bits per heavy atom. The van der Waals surface area contributed by atoms with Crippen LogP contribution in [0.4, 0.5) is 5.69 Å². The smallest absolute Gasteiger partial charge is 0.258 e. The molecule has 0 aliphatic carbocycles. The van der Waals surface area contributed by atoms with Gasteiger partial charge in [-0.05, 0) is 37.8 Å². The fourth-order valence-electron chi connectivity index (χ4n) is 2.15.